The van der Waals surface area contributed by atoms with Crippen LogP contribution in [0, 0.1) is 5.41 Å². The molecule has 2 aliphatic carbocycles. The molecule has 82 heavy (non-hydrogen) atoms. The zero-order valence-corrected chi connectivity index (χ0v) is 52.4. The molecule has 13 rings (SSSR count). The number of anilines is 6. The van der Waals surface area contributed by atoms with Crippen LogP contribution in [0.3, 0.4) is 0 Å². The van der Waals surface area contributed by atoms with Crippen LogP contribution < -0.4 is 26.2 Å². The van der Waals surface area contributed by atoms with Gasteiger partial charge in [0, 0.05) is 56.8 Å². The molecule has 0 N–H and O–H groups in total. The summed E-state index contributed by atoms with van der Waals surface area (Å²) in [6.45, 7) is 40.5. The molecular formula is C78H87BN2O. The van der Waals surface area contributed by atoms with Gasteiger partial charge in [-0.25, -0.2) is 0 Å². The van der Waals surface area contributed by atoms with E-state index in [0.717, 1.165) is 29.0 Å². The molecule has 2 aliphatic heterocycles. The van der Waals surface area contributed by atoms with Gasteiger partial charge < -0.3 is 14.2 Å². The highest BCUT2D eigenvalue weighted by Crippen LogP contribution is 2.63. The van der Waals surface area contributed by atoms with Gasteiger partial charge in [-0.05, 0) is 173 Å². The largest absolute Gasteiger partial charge is 0.456 e. The van der Waals surface area contributed by atoms with Gasteiger partial charge in [0.2, 0.25) is 6.71 Å². The maximum Gasteiger partial charge on any atom is 0.247 e. The Hall–Kier alpha value is -6.78. The van der Waals surface area contributed by atoms with E-state index in [0.29, 0.717) is 0 Å². The van der Waals surface area contributed by atoms with Crippen molar-refractivity contribution in [3.8, 4) is 11.1 Å². The van der Waals surface area contributed by atoms with Gasteiger partial charge in [0.25, 0.3) is 0 Å². The molecule has 1 saturated carbocycles. The van der Waals surface area contributed by atoms with Crippen molar-refractivity contribution in [2.75, 3.05) is 9.80 Å². The van der Waals surface area contributed by atoms with Crippen molar-refractivity contribution >= 4 is 79.2 Å². The predicted octanol–water partition coefficient (Wildman–Crippen LogP) is 20.2. The van der Waals surface area contributed by atoms with Crippen LogP contribution in [0.4, 0.5) is 34.1 Å². The average Bonchev–Trinajstić information content (AvgIpc) is 3.42. The molecule has 0 radical (unpaired) electrons. The molecule has 3 nitrogen and oxygen atoms in total. The lowest BCUT2D eigenvalue weighted by Crippen LogP contribution is -2.64. The summed E-state index contributed by atoms with van der Waals surface area (Å²) in [6.07, 6.45) is 6.13. The van der Waals surface area contributed by atoms with Gasteiger partial charge in [-0.3, -0.25) is 0 Å². The first-order valence-corrected chi connectivity index (χ1v) is 30.9. The van der Waals surface area contributed by atoms with Crippen LogP contribution >= 0.6 is 0 Å². The third kappa shape index (κ3) is 8.64. The lowest BCUT2D eigenvalue weighted by Gasteiger charge is -2.59. The Morgan fingerprint density at radius 2 is 1.04 bits per heavy atom. The Morgan fingerprint density at radius 3 is 1.65 bits per heavy atom. The number of benzene rings is 8. The van der Waals surface area contributed by atoms with Gasteiger partial charge in [-0.15, -0.1) is 0 Å². The highest BCUT2D eigenvalue weighted by atomic mass is 16.3. The fraction of sp³-hybridized carbons (Fsp3) is 0.385. The van der Waals surface area contributed by atoms with Crippen molar-refractivity contribution in [2.24, 2.45) is 5.41 Å². The Bertz CT molecular complexity index is 3950. The van der Waals surface area contributed by atoms with Crippen LogP contribution in [0.25, 0.3) is 33.1 Å². The Kier molecular flexibility index (Phi) is 12.2. The van der Waals surface area contributed by atoms with E-state index in [2.05, 4.69) is 279 Å². The van der Waals surface area contributed by atoms with Gasteiger partial charge in [0.15, 0.2) is 0 Å². The quantitative estimate of drug-likeness (QED) is 0.160. The molecule has 1 fully saturated rings. The highest BCUT2D eigenvalue weighted by Gasteiger charge is 2.57. The lowest BCUT2D eigenvalue weighted by atomic mass is 9.29. The van der Waals surface area contributed by atoms with Crippen molar-refractivity contribution in [1.82, 2.24) is 0 Å². The van der Waals surface area contributed by atoms with Crippen LogP contribution in [0.1, 0.15) is 200 Å². The van der Waals surface area contributed by atoms with Gasteiger partial charge in [-0.2, -0.15) is 0 Å². The SMILES string of the molecule is CC(C)(C)c1ccc(N(c2ccc(C(C)(C)C)cc2)c2cc3c4c(c2)N(c2ccc(C(C)(C)C)cc2-c2ccccc2)c2cc5oc6cc(C(C)(C)C)ccc6c5cc2B4c2cc(C(C)(C)C)cc4c2[C@@H]3CC2(C)CCCCC42C)cc1. The maximum atomic E-state index is 7.20. The summed E-state index contributed by atoms with van der Waals surface area (Å²) in [5, 5.41) is 2.36. The molecule has 3 atom stereocenters. The molecule has 4 heteroatoms. The first-order chi connectivity index (χ1) is 38.5. The maximum absolute atomic E-state index is 7.20. The molecule has 1 aromatic heterocycles. The second-order valence-electron chi connectivity index (χ2n) is 31.1. The molecule has 8 aromatic carbocycles. The highest BCUT2D eigenvalue weighted by molar-refractivity contribution is 6.99. The number of fused-ring (bicyclic) bond motifs is 9. The van der Waals surface area contributed by atoms with Crippen molar-refractivity contribution in [2.45, 2.75) is 188 Å². The monoisotopic (exact) mass is 1080 g/mol. The number of nitrogens with zero attached hydrogens (tertiary/aromatic N) is 2. The summed E-state index contributed by atoms with van der Waals surface area (Å²) < 4.78 is 7.20. The van der Waals surface area contributed by atoms with E-state index in [-0.39, 0.29) is 50.5 Å². The van der Waals surface area contributed by atoms with Crippen LogP contribution in [-0.2, 0) is 32.5 Å². The molecule has 4 aliphatic rings. The second kappa shape index (κ2) is 18.4. The Morgan fingerprint density at radius 1 is 0.476 bits per heavy atom. The van der Waals surface area contributed by atoms with Gasteiger partial charge >= 0.3 is 0 Å². The third-order valence-corrected chi connectivity index (χ3v) is 20.5. The Balaban J connectivity index is 1.20. The van der Waals surface area contributed by atoms with Crippen molar-refractivity contribution in [1.29, 1.82) is 0 Å². The molecule has 9 aromatic rings. The fourth-order valence-electron chi connectivity index (χ4n) is 15.2. The minimum Gasteiger partial charge on any atom is -0.456 e. The van der Waals surface area contributed by atoms with Crippen LogP contribution in [0.2, 0.25) is 0 Å². The topological polar surface area (TPSA) is 19.6 Å². The van der Waals surface area contributed by atoms with E-state index < -0.39 is 0 Å². The minimum absolute atomic E-state index is 0.0123. The standard InChI is InChI=1S/C78H87BN2O/c1-72(2,3)49-25-31-54(32-26-49)80(55-33-27-50(28-34-55)73(4,5)6)56-43-60-61-47-77(16)37-21-22-38-78(77,17)62-40-53(76(13,14)15)41-64(70(61)62)79-63-45-59-57-35-29-52(75(10,11)12)42-68(57)82-69(59)46-66(63)81(67(44-56)71(60)79)65-36-30-51(74(7,8)9)39-58(65)48-23-19-18-20-24-48/h18-20,23-36,39-46,61H,21-22,37-38,47H2,1-17H3/t61-,77?,78?/m1/s1. The van der Waals surface area contributed by atoms with Gasteiger partial charge in [0.05, 0.1) is 5.69 Å². The molecule has 418 valence electrons. The van der Waals surface area contributed by atoms with E-state index in [9.17, 15) is 0 Å². The van der Waals surface area contributed by atoms with Gasteiger partial charge in [0.1, 0.15) is 11.2 Å². The van der Waals surface area contributed by atoms with Crippen LogP contribution in [0.5, 0.6) is 0 Å². The molecule has 0 saturated heterocycles. The molecular weight excluding hydrogens is 992 g/mol. The molecule has 3 heterocycles. The Labute approximate surface area is 491 Å². The zero-order chi connectivity index (χ0) is 58.0. The molecule has 0 spiro atoms. The average molecular weight is 1080 g/mol. The zero-order valence-electron chi connectivity index (χ0n) is 52.4. The molecule has 0 amide bonds. The van der Waals surface area contributed by atoms with Gasteiger partial charge in [-0.1, -0.05) is 227 Å². The van der Waals surface area contributed by atoms with Crippen molar-refractivity contribution in [3.05, 3.63) is 196 Å². The first-order valence-electron chi connectivity index (χ1n) is 30.9. The van der Waals surface area contributed by atoms with Crippen LogP contribution in [-0.4, -0.2) is 6.71 Å². The van der Waals surface area contributed by atoms with Crippen molar-refractivity contribution in [3.63, 3.8) is 0 Å². The molecule has 2 unspecified atom stereocenters. The molecule has 0 bridgehead atoms. The number of furan rings is 1. The fourth-order valence-corrected chi connectivity index (χ4v) is 15.2. The first kappa shape index (κ1) is 54.5. The minimum atomic E-state index is -0.0686. The van der Waals surface area contributed by atoms with Crippen LogP contribution in [0.15, 0.2) is 156 Å². The summed E-state index contributed by atoms with van der Waals surface area (Å²) >= 11 is 0. The summed E-state index contributed by atoms with van der Waals surface area (Å²) in [5.41, 5.74) is 27.1. The smallest absolute Gasteiger partial charge is 0.247 e. The summed E-state index contributed by atoms with van der Waals surface area (Å²) in [7, 11) is 0. The predicted molar refractivity (Wildman–Crippen MR) is 354 cm³/mol. The van der Waals surface area contributed by atoms with E-state index in [1.165, 1.54) is 120 Å². The van der Waals surface area contributed by atoms with E-state index >= 15 is 0 Å². The second-order valence-corrected chi connectivity index (χ2v) is 31.1. The van der Waals surface area contributed by atoms with E-state index in [4.69, 9.17) is 4.42 Å². The number of hydrogen-bond acceptors (Lipinski definition) is 3. The lowest BCUT2D eigenvalue weighted by molar-refractivity contribution is 0.0602. The van der Waals surface area contributed by atoms with E-state index in [1.54, 1.807) is 11.1 Å². The van der Waals surface area contributed by atoms with Crippen molar-refractivity contribution < 1.29 is 4.42 Å². The van der Waals surface area contributed by atoms with E-state index in [1.807, 2.05) is 0 Å². The number of rotatable bonds is 5. The third-order valence-electron chi connectivity index (χ3n) is 20.5. The normalized spacial score (nSPS) is 19.7. The summed E-state index contributed by atoms with van der Waals surface area (Å²) in [6, 6.07) is 60.1. The summed E-state index contributed by atoms with van der Waals surface area (Å²) in [4.78, 5) is 5.26. The summed E-state index contributed by atoms with van der Waals surface area (Å²) in [5.74, 6) is 0.197. The number of hydrogen-bond donors (Lipinski definition) is 0.